The first-order valence-corrected chi connectivity index (χ1v) is 8.95. The van der Waals surface area contributed by atoms with Gasteiger partial charge in [0.05, 0.1) is 9.35 Å². The van der Waals surface area contributed by atoms with Crippen molar-refractivity contribution in [2.24, 2.45) is 0 Å². The Labute approximate surface area is 157 Å². The topological polar surface area (TPSA) is 98.8 Å². The molecular formula is C17H18BrNO5S. The Kier molecular flexibility index (Phi) is 5.74. The van der Waals surface area contributed by atoms with E-state index < -0.39 is 17.5 Å². The number of halogens is 1. The van der Waals surface area contributed by atoms with Gasteiger partial charge in [0.2, 0.25) is 0 Å². The molecule has 2 aromatic rings. The number of thiophene rings is 1. The molecule has 0 saturated carbocycles. The van der Waals surface area contributed by atoms with Crippen LogP contribution in [-0.4, -0.2) is 29.3 Å². The lowest BCUT2D eigenvalue weighted by atomic mass is 10.1. The summed E-state index contributed by atoms with van der Waals surface area (Å²) in [5.74, 6) is -1.62. The lowest BCUT2D eigenvalue weighted by Crippen LogP contribution is -2.27. The molecule has 1 aromatic heterocycles. The van der Waals surface area contributed by atoms with Crippen LogP contribution in [0.3, 0.4) is 0 Å². The third-order valence-electron chi connectivity index (χ3n) is 2.91. The molecular weight excluding hydrogens is 410 g/mol. The number of hydrogen-bond donors (Lipinski definition) is 2. The van der Waals surface area contributed by atoms with E-state index in [9.17, 15) is 14.7 Å². The number of carbonyl (C=O) groups is 2. The number of carbonyl (C=O) groups excluding carboxylic acids is 1. The van der Waals surface area contributed by atoms with Gasteiger partial charge >= 0.3 is 11.9 Å². The molecule has 0 saturated heterocycles. The summed E-state index contributed by atoms with van der Waals surface area (Å²) in [5, 5.41) is 9.43. The van der Waals surface area contributed by atoms with Crippen LogP contribution in [-0.2, 0) is 9.53 Å². The van der Waals surface area contributed by atoms with Crippen molar-refractivity contribution in [3.05, 3.63) is 33.6 Å². The SMILES string of the molecule is CC(C)(C)OC(=O)COc1c(C(=O)O)sc(-c2cccc(N)c2)c1Br. The van der Waals surface area contributed by atoms with E-state index in [1.54, 1.807) is 39.0 Å². The van der Waals surface area contributed by atoms with Crippen molar-refractivity contribution < 1.29 is 24.2 Å². The molecule has 1 heterocycles. The second kappa shape index (κ2) is 7.45. The molecule has 0 bridgehead atoms. The molecule has 0 radical (unpaired) electrons. The molecule has 0 aliphatic rings. The molecule has 25 heavy (non-hydrogen) atoms. The first-order chi connectivity index (χ1) is 11.6. The zero-order valence-electron chi connectivity index (χ0n) is 14.0. The summed E-state index contributed by atoms with van der Waals surface area (Å²) in [6, 6.07) is 7.07. The lowest BCUT2D eigenvalue weighted by molar-refractivity contribution is -0.157. The maximum absolute atomic E-state index is 11.8. The Morgan fingerprint density at radius 3 is 2.56 bits per heavy atom. The van der Waals surface area contributed by atoms with Crippen LogP contribution < -0.4 is 10.5 Å². The van der Waals surface area contributed by atoms with Gasteiger partial charge in [-0.05, 0) is 54.4 Å². The van der Waals surface area contributed by atoms with Gasteiger partial charge in [-0.1, -0.05) is 12.1 Å². The third kappa shape index (κ3) is 4.96. The zero-order chi connectivity index (χ0) is 18.8. The molecule has 0 amide bonds. The van der Waals surface area contributed by atoms with Crippen LogP contribution in [0, 0.1) is 0 Å². The summed E-state index contributed by atoms with van der Waals surface area (Å²) in [4.78, 5) is 24.0. The molecule has 134 valence electrons. The van der Waals surface area contributed by atoms with E-state index >= 15 is 0 Å². The first kappa shape index (κ1) is 19.3. The van der Waals surface area contributed by atoms with Gasteiger partial charge in [-0.2, -0.15) is 0 Å². The van der Waals surface area contributed by atoms with Crippen molar-refractivity contribution in [2.75, 3.05) is 12.3 Å². The summed E-state index contributed by atoms with van der Waals surface area (Å²) in [7, 11) is 0. The van der Waals surface area contributed by atoms with Crippen molar-refractivity contribution in [3.8, 4) is 16.2 Å². The van der Waals surface area contributed by atoms with E-state index in [1.807, 2.05) is 6.07 Å². The number of hydrogen-bond acceptors (Lipinski definition) is 6. The van der Waals surface area contributed by atoms with Crippen molar-refractivity contribution in [2.45, 2.75) is 26.4 Å². The van der Waals surface area contributed by atoms with Crippen LogP contribution in [0.4, 0.5) is 5.69 Å². The maximum Gasteiger partial charge on any atom is 0.349 e. The number of anilines is 1. The smallest absolute Gasteiger partial charge is 0.349 e. The second-order valence-electron chi connectivity index (χ2n) is 6.21. The van der Waals surface area contributed by atoms with Gasteiger partial charge in [0.1, 0.15) is 5.60 Å². The molecule has 2 rings (SSSR count). The Morgan fingerprint density at radius 1 is 1.32 bits per heavy atom. The van der Waals surface area contributed by atoms with Crippen LogP contribution >= 0.6 is 27.3 Å². The highest BCUT2D eigenvalue weighted by molar-refractivity contribution is 9.10. The van der Waals surface area contributed by atoms with E-state index in [0.717, 1.165) is 16.9 Å². The van der Waals surface area contributed by atoms with Crippen molar-refractivity contribution in [1.82, 2.24) is 0 Å². The molecule has 1 aromatic carbocycles. The highest BCUT2D eigenvalue weighted by Crippen LogP contribution is 2.45. The highest BCUT2D eigenvalue weighted by Gasteiger charge is 2.25. The Hall–Kier alpha value is -2.06. The fourth-order valence-corrected chi connectivity index (χ4v) is 3.92. The average molecular weight is 428 g/mol. The van der Waals surface area contributed by atoms with Gasteiger partial charge in [-0.25, -0.2) is 9.59 Å². The summed E-state index contributed by atoms with van der Waals surface area (Å²) >= 11 is 4.41. The van der Waals surface area contributed by atoms with E-state index in [4.69, 9.17) is 15.2 Å². The van der Waals surface area contributed by atoms with Crippen LogP contribution in [0.5, 0.6) is 5.75 Å². The van der Waals surface area contributed by atoms with Crippen LogP contribution in [0.25, 0.3) is 10.4 Å². The zero-order valence-corrected chi connectivity index (χ0v) is 16.4. The van der Waals surface area contributed by atoms with Gasteiger partial charge in [-0.3, -0.25) is 0 Å². The molecule has 3 N–H and O–H groups in total. The van der Waals surface area contributed by atoms with E-state index in [0.29, 0.717) is 15.0 Å². The maximum atomic E-state index is 11.8. The number of nitrogens with two attached hydrogens (primary N) is 1. The van der Waals surface area contributed by atoms with E-state index in [-0.39, 0.29) is 17.2 Å². The molecule has 0 atom stereocenters. The summed E-state index contributed by atoms with van der Waals surface area (Å²) < 4.78 is 11.1. The molecule has 8 heteroatoms. The number of carboxylic acid groups (broad SMARTS) is 1. The Bertz CT molecular complexity index is 810. The van der Waals surface area contributed by atoms with Crippen molar-refractivity contribution in [3.63, 3.8) is 0 Å². The number of ether oxygens (including phenoxy) is 2. The molecule has 0 aliphatic carbocycles. The number of esters is 1. The summed E-state index contributed by atoms with van der Waals surface area (Å²) in [5.41, 5.74) is 6.46. The van der Waals surface area contributed by atoms with Crippen molar-refractivity contribution >= 4 is 44.9 Å². The van der Waals surface area contributed by atoms with Crippen LogP contribution in [0.15, 0.2) is 28.7 Å². The normalized spacial score (nSPS) is 11.2. The standard InChI is InChI=1S/C17H18BrNO5S/c1-17(2,3)24-11(20)8-23-13-12(18)14(25-15(13)16(21)22)9-5-4-6-10(19)7-9/h4-7H,8,19H2,1-3H3,(H,21,22). The molecule has 0 unspecified atom stereocenters. The summed E-state index contributed by atoms with van der Waals surface area (Å²) in [6.07, 6.45) is 0. The van der Waals surface area contributed by atoms with Gasteiger partial charge in [0, 0.05) is 5.69 Å². The van der Waals surface area contributed by atoms with E-state index in [2.05, 4.69) is 15.9 Å². The van der Waals surface area contributed by atoms with Gasteiger partial charge < -0.3 is 20.3 Å². The minimum absolute atomic E-state index is 0.00661. The predicted octanol–water partition coefficient (Wildman–Crippen LogP) is 4.18. The van der Waals surface area contributed by atoms with Gasteiger partial charge in [0.25, 0.3) is 0 Å². The fraction of sp³-hybridized carbons (Fsp3) is 0.294. The Morgan fingerprint density at radius 2 is 2.00 bits per heavy atom. The fourth-order valence-electron chi connectivity index (χ4n) is 2.03. The molecule has 0 spiro atoms. The van der Waals surface area contributed by atoms with Gasteiger partial charge in [-0.15, -0.1) is 11.3 Å². The number of benzene rings is 1. The quantitative estimate of drug-likeness (QED) is 0.548. The van der Waals surface area contributed by atoms with Gasteiger partial charge in [0.15, 0.2) is 17.2 Å². The predicted molar refractivity (Wildman–Crippen MR) is 100 cm³/mol. The third-order valence-corrected chi connectivity index (χ3v) is 5.13. The molecule has 0 fully saturated rings. The summed E-state index contributed by atoms with van der Waals surface area (Å²) in [6.45, 7) is 4.84. The first-order valence-electron chi connectivity index (χ1n) is 7.34. The molecule has 0 aliphatic heterocycles. The number of aromatic carboxylic acids is 1. The van der Waals surface area contributed by atoms with Crippen molar-refractivity contribution in [1.29, 1.82) is 0 Å². The van der Waals surface area contributed by atoms with Crippen LogP contribution in [0.2, 0.25) is 0 Å². The minimum Gasteiger partial charge on any atom is -0.479 e. The minimum atomic E-state index is -1.14. The highest BCUT2D eigenvalue weighted by atomic mass is 79.9. The average Bonchev–Trinajstić information content (AvgIpc) is 2.80. The number of carboxylic acids is 1. The second-order valence-corrected chi connectivity index (χ2v) is 8.02. The number of rotatable bonds is 5. The van der Waals surface area contributed by atoms with E-state index in [1.165, 1.54) is 0 Å². The molecule has 6 nitrogen and oxygen atoms in total. The van der Waals surface area contributed by atoms with Crippen LogP contribution in [0.1, 0.15) is 30.4 Å². The lowest BCUT2D eigenvalue weighted by Gasteiger charge is -2.19. The monoisotopic (exact) mass is 427 g/mol. The largest absolute Gasteiger partial charge is 0.479 e. The number of nitrogen functional groups attached to an aromatic ring is 1. The Balaban J connectivity index is 2.31.